The van der Waals surface area contributed by atoms with Crippen molar-refractivity contribution < 1.29 is 14.5 Å². The van der Waals surface area contributed by atoms with E-state index in [1.54, 1.807) is 0 Å². The van der Waals surface area contributed by atoms with Gasteiger partial charge in [0.05, 0.1) is 11.5 Å². The van der Waals surface area contributed by atoms with Crippen LogP contribution in [-0.2, 0) is 11.3 Å². The van der Waals surface area contributed by atoms with Crippen molar-refractivity contribution in [2.75, 3.05) is 6.61 Å². The maximum absolute atomic E-state index is 11.9. The summed E-state index contributed by atoms with van der Waals surface area (Å²) in [6.45, 7) is 0.249. The van der Waals surface area contributed by atoms with Crippen molar-refractivity contribution in [3.8, 4) is 0 Å². The molecule has 0 aliphatic rings. The highest BCUT2D eigenvalue weighted by Gasteiger charge is 2.10. The number of carbonyl (C=O) groups is 1. The number of nitrogens with zero attached hydrogens (tertiary/aromatic N) is 1. The van der Waals surface area contributed by atoms with Crippen molar-refractivity contribution in [3.63, 3.8) is 0 Å². The van der Waals surface area contributed by atoms with E-state index in [0.717, 1.165) is 10.0 Å². The predicted octanol–water partition coefficient (Wildman–Crippen LogP) is 3.76. The molecule has 2 aromatic rings. The Morgan fingerprint density at radius 3 is 2.43 bits per heavy atom. The second kappa shape index (κ2) is 7.10. The minimum absolute atomic E-state index is 0.0410. The lowest BCUT2D eigenvalue weighted by molar-refractivity contribution is -0.384. The number of rotatable bonds is 6. The molecule has 6 heteroatoms. The molecular formula is C15H12BrNO4. The third-order valence-electron chi connectivity index (χ3n) is 2.85. The quantitative estimate of drug-likeness (QED) is 0.452. The number of halogens is 1. The SMILES string of the molecule is O=C(COCc1ccccc1Br)c1ccc([N+](=O)[O-])cc1. The molecule has 108 valence electrons. The fourth-order valence-electron chi connectivity index (χ4n) is 1.72. The summed E-state index contributed by atoms with van der Waals surface area (Å²) in [5.41, 5.74) is 1.31. The van der Waals surface area contributed by atoms with Crippen LogP contribution in [0.15, 0.2) is 53.0 Å². The fourth-order valence-corrected chi connectivity index (χ4v) is 2.12. The van der Waals surface area contributed by atoms with Gasteiger partial charge in [0, 0.05) is 22.2 Å². The van der Waals surface area contributed by atoms with Crippen LogP contribution in [-0.4, -0.2) is 17.3 Å². The molecule has 0 fully saturated rings. The summed E-state index contributed by atoms with van der Waals surface area (Å²) in [5, 5.41) is 10.5. The number of ketones is 1. The lowest BCUT2D eigenvalue weighted by atomic mass is 10.1. The second-order valence-electron chi connectivity index (χ2n) is 4.31. The molecule has 0 aromatic heterocycles. The molecule has 0 saturated carbocycles. The Labute approximate surface area is 129 Å². The molecule has 0 atom stereocenters. The highest BCUT2D eigenvalue weighted by molar-refractivity contribution is 9.10. The number of carbonyl (C=O) groups excluding carboxylic acids is 1. The Bertz CT molecular complexity index is 655. The summed E-state index contributed by atoms with van der Waals surface area (Å²) in [6, 6.07) is 13.1. The number of Topliss-reactive ketones (excluding diaryl/α,β-unsaturated/α-hetero) is 1. The van der Waals surface area contributed by atoms with Gasteiger partial charge >= 0.3 is 0 Å². The first-order valence-electron chi connectivity index (χ1n) is 6.17. The van der Waals surface area contributed by atoms with Crippen molar-refractivity contribution in [1.29, 1.82) is 0 Å². The van der Waals surface area contributed by atoms with Gasteiger partial charge in [0.25, 0.3) is 5.69 Å². The summed E-state index contributed by atoms with van der Waals surface area (Å²) in [5.74, 6) is -0.211. The van der Waals surface area contributed by atoms with Gasteiger partial charge in [-0.15, -0.1) is 0 Å². The maximum Gasteiger partial charge on any atom is 0.269 e. The monoisotopic (exact) mass is 349 g/mol. The number of hydrogen-bond donors (Lipinski definition) is 0. The lowest BCUT2D eigenvalue weighted by Crippen LogP contribution is -2.09. The Morgan fingerprint density at radius 1 is 1.14 bits per heavy atom. The van der Waals surface area contributed by atoms with Crippen LogP contribution in [0.1, 0.15) is 15.9 Å². The van der Waals surface area contributed by atoms with E-state index < -0.39 is 4.92 Å². The van der Waals surface area contributed by atoms with Crippen molar-refractivity contribution >= 4 is 27.4 Å². The molecular weight excluding hydrogens is 338 g/mol. The van der Waals surface area contributed by atoms with Crippen LogP contribution in [0, 0.1) is 10.1 Å². The number of ether oxygens (including phenoxy) is 1. The van der Waals surface area contributed by atoms with Crippen LogP contribution in [0.3, 0.4) is 0 Å². The van der Waals surface area contributed by atoms with E-state index in [-0.39, 0.29) is 18.1 Å². The van der Waals surface area contributed by atoms with Crippen LogP contribution in [0.2, 0.25) is 0 Å². The Kier molecular flexibility index (Phi) is 5.19. The molecule has 0 heterocycles. The van der Waals surface area contributed by atoms with Crippen LogP contribution in [0.4, 0.5) is 5.69 Å². The molecule has 0 N–H and O–H groups in total. The van der Waals surface area contributed by atoms with E-state index >= 15 is 0 Å². The van der Waals surface area contributed by atoms with Gasteiger partial charge in [-0.1, -0.05) is 34.1 Å². The first kappa shape index (κ1) is 15.3. The molecule has 0 aliphatic carbocycles. The molecule has 0 unspecified atom stereocenters. The van der Waals surface area contributed by atoms with Gasteiger partial charge < -0.3 is 4.74 Å². The molecule has 0 radical (unpaired) electrons. The van der Waals surface area contributed by atoms with E-state index in [1.807, 2.05) is 24.3 Å². The third-order valence-corrected chi connectivity index (χ3v) is 3.62. The fraction of sp³-hybridized carbons (Fsp3) is 0.133. The Morgan fingerprint density at radius 2 is 1.81 bits per heavy atom. The van der Waals surface area contributed by atoms with Gasteiger partial charge in [-0.2, -0.15) is 0 Å². The number of nitro groups is 1. The zero-order chi connectivity index (χ0) is 15.2. The summed E-state index contributed by atoms with van der Waals surface area (Å²) in [4.78, 5) is 21.9. The van der Waals surface area contributed by atoms with Gasteiger partial charge in [0.15, 0.2) is 5.78 Å². The smallest absolute Gasteiger partial charge is 0.269 e. The van der Waals surface area contributed by atoms with Gasteiger partial charge in [0.2, 0.25) is 0 Å². The third kappa shape index (κ3) is 4.21. The first-order valence-corrected chi connectivity index (χ1v) is 6.96. The number of hydrogen-bond acceptors (Lipinski definition) is 4. The van der Waals surface area contributed by atoms with E-state index in [9.17, 15) is 14.9 Å². The topological polar surface area (TPSA) is 69.4 Å². The molecule has 0 amide bonds. The van der Waals surface area contributed by atoms with Crippen LogP contribution >= 0.6 is 15.9 Å². The molecule has 0 aliphatic heterocycles. The predicted molar refractivity (Wildman–Crippen MR) is 81.2 cm³/mol. The normalized spacial score (nSPS) is 10.3. The van der Waals surface area contributed by atoms with Gasteiger partial charge in [0.1, 0.15) is 6.61 Å². The molecule has 0 bridgehead atoms. The summed E-state index contributed by atoms with van der Waals surface area (Å²) in [7, 11) is 0. The van der Waals surface area contributed by atoms with Crippen LogP contribution < -0.4 is 0 Å². The van der Waals surface area contributed by atoms with Crippen molar-refractivity contribution in [2.24, 2.45) is 0 Å². The first-order chi connectivity index (χ1) is 10.1. The molecule has 0 spiro atoms. The molecule has 21 heavy (non-hydrogen) atoms. The minimum atomic E-state index is -0.502. The standard InChI is InChI=1S/C15H12BrNO4/c16-14-4-2-1-3-12(14)9-21-10-15(18)11-5-7-13(8-6-11)17(19)20/h1-8H,9-10H2. The van der Waals surface area contributed by atoms with Crippen LogP contribution in [0.25, 0.3) is 0 Å². The van der Waals surface area contributed by atoms with E-state index in [2.05, 4.69) is 15.9 Å². The van der Waals surface area contributed by atoms with Crippen LogP contribution in [0.5, 0.6) is 0 Å². The van der Waals surface area contributed by atoms with Gasteiger partial charge in [-0.3, -0.25) is 14.9 Å². The highest BCUT2D eigenvalue weighted by Crippen LogP contribution is 2.17. The molecule has 5 nitrogen and oxygen atoms in total. The average Bonchev–Trinajstić information content (AvgIpc) is 2.49. The summed E-state index contributed by atoms with van der Waals surface area (Å²) < 4.78 is 6.30. The van der Waals surface area contributed by atoms with Gasteiger partial charge in [-0.25, -0.2) is 0 Å². The zero-order valence-electron chi connectivity index (χ0n) is 11.0. The van der Waals surface area contributed by atoms with Crippen molar-refractivity contribution in [3.05, 3.63) is 74.2 Å². The molecule has 0 saturated heterocycles. The summed E-state index contributed by atoms with van der Waals surface area (Å²) >= 11 is 3.40. The maximum atomic E-state index is 11.9. The number of non-ortho nitro benzene ring substituents is 1. The van der Waals surface area contributed by atoms with Crippen molar-refractivity contribution in [1.82, 2.24) is 0 Å². The Balaban J connectivity index is 1.90. The Hall–Kier alpha value is -2.05. The van der Waals surface area contributed by atoms with Crippen molar-refractivity contribution in [2.45, 2.75) is 6.61 Å². The average molecular weight is 350 g/mol. The van der Waals surface area contributed by atoms with Gasteiger partial charge in [-0.05, 0) is 23.8 Å². The van der Waals surface area contributed by atoms with E-state index in [4.69, 9.17) is 4.74 Å². The van der Waals surface area contributed by atoms with E-state index in [1.165, 1.54) is 24.3 Å². The second-order valence-corrected chi connectivity index (χ2v) is 5.17. The largest absolute Gasteiger partial charge is 0.369 e. The highest BCUT2D eigenvalue weighted by atomic mass is 79.9. The minimum Gasteiger partial charge on any atom is -0.369 e. The zero-order valence-corrected chi connectivity index (χ0v) is 12.6. The molecule has 2 rings (SSSR count). The lowest BCUT2D eigenvalue weighted by Gasteiger charge is -2.05. The van der Waals surface area contributed by atoms with E-state index in [0.29, 0.717) is 12.2 Å². The summed E-state index contributed by atoms with van der Waals surface area (Å²) in [6.07, 6.45) is 0. The number of benzene rings is 2. The number of nitro benzene ring substituents is 1. The molecule has 2 aromatic carbocycles.